The number of carbonyl (C=O) groups is 1. The van der Waals surface area contributed by atoms with Gasteiger partial charge in [-0.3, -0.25) is 4.79 Å². The molecule has 0 N–H and O–H groups in total. The molecule has 2 nitrogen and oxygen atoms in total. The Morgan fingerprint density at radius 3 is 2.57 bits per heavy atom. The van der Waals surface area contributed by atoms with E-state index in [4.69, 9.17) is 0 Å². The van der Waals surface area contributed by atoms with E-state index in [0.717, 1.165) is 19.3 Å². The molecular formula is C9H13BF2O2. The number of hydrogen-bond acceptors (Lipinski definition) is 2. The molecule has 14 heavy (non-hydrogen) atoms. The summed E-state index contributed by atoms with van der Waals surface area (Å²) in [5.74, 6) is 0.0487. The standard InChI is InChI=1S/C9H13BF2O2/c1-7(14-10(11)12)8-5-3-2-4-6-9(8)13/h2-6H2,1H3/b8-7-. The van der Waals surface area contributed by atoms with Crippen LogP contribution >= 0.6 is 0 Å². The lowest BCUT2D eigenvalue weighted by atomic mass is 10.1. The van der Waals surface area contributed by atoms with E-state index in [1.54, 1.807) is 0 Å². The van der Waals surface area contributed by atoms with Crippen LogP contribution in [0.3, 0.4) is 0 Å². The molecule has 5 heteroatoms. The maximum atomic E-state index is 11.9. The van der Waals surface area contributed by atoms with Crippen molar-refractivity contribution in [1.29, 1.82) is 0 Å². The maximum Gasteiger partial charge on any atom is 0.796 e. The quantitative estimate of drug-likeness (QED) is 0.298. The summed E-state index contributed by atoms with van der Waals surface area (Å²) in [6.45, 7) is 1.44. The number of Topliss-reactive ketones (excluding diaryl/α,β-unsaturated/α-hetero) is 1. The van der Waals surface area contributed by atoms with Gasteiger partial charge in [-0.1, -0.05) is 6.42 Å². The smallest absolute Gasteiger partial charge is 0.509 e. The van der Waals surface area contributed by atoms with E-state index < -0.39 is 7.47 Å². The monoisotopic (exact) mass is 202 g/mol. The minimum Gasteiger partial charge on any atom is -0.509 e. The molecule has 1 saturated carbocycles. The molecule has 0 bridgehead atoms. The van der Waals surface area contributed by atoms with Gasteiger partial charge in [0.05, 0.1) is 5.76 Å². The molecule has 0 radical (unpaired) electrons. The van der Waals surface area contributed by atoms with Gasteiger partial charge >= 0.3 is 7.47 Å². The zero-order chi connectivity index (χ0) is 10.6. The fourth-order valence-electron chi connectivity index (χ4n) is 1.63. The molecule has 0 spiro atoms. The Morgan fingerprint density at radius 2 is 1.93 bits per heavy atom. The number of allylic oxidation sites excluding steroid dienone is 2. The van der Waals surface area contributed by atoms with E-state index in [1.165, 1.54) is 6.92 Å². The van der Waals surface area contributed by atoms with E-state index in [0.29, 0.717) is 18.4 Å². The van der Waals surface area contributed by atoms with Crippen LogP contribution in [0, 0.1) is 0 Å². The first-order valence-electron chi connectivity index (χ1n) is 4.79. The lowest BCUT2D eigenvalue weighted by Gasteiger charge is -2.08. The van der Waals surface area contributed by atoms with Gasteiger partial charge in [0.1, 0.15) is 0 Å². The number of ketones is 1. The summed E-state index contributed by atoms with van der Waals surface area (Å²) < 4.78 is 28.0. The van der Waals surface area contributed by atoms with Gasteiger partial charge in [0, 0.05) is 12.0 Å². The topological polar surface area (TPSA) is 26.3 Å². The molecule has 0 unspecified atom stereocenters. The largest absolute Gasteiger partial charge is 0.796 e. The SMILES string of the molecule is C/C(OB(F)F)=C1\CCCCCC1=O. The van der Waals surface area contributed by atoms with Crippen molar-refractivity contribution in [3.05, 3.63) is 11.3 Å². The second-order valence-corrected chi connectivity index (χ2v) is 3.40. The van der Waals surface area contributed by atoms with Gasteiger partial charge in [-0.2, -0.15) is 0 Å². The van der Waals surface area contributed by atoms with Crippen LogP contribution in [0.2, 0.25) is 0 Å². The summed E-state index contributed by atoms with van der Waals surface area (Å²) in [7, 11) is -2.83. The Labute approximate surface area is 82.5 Å². The lowest BCUT2D eigenvalue weighted by Crippen LogP contribution is -2.09. The molecule has 78 valence electrons. The Morgan fingerprint density at radius 1 is 1.29 bits per heavy atom. The number of halogens is 2. The van der Waals surface area contributed by atoms with Crippen molar-refractivity contribution >= 4 is 13.3 Å². The zero-order valence-corrected chi connectivity index (χ0v) is 8.19. The Kier molecular flexibility index (Phi) is 4.10. The molecule has 0 aliphatic heterocycles. The molecule has 0 aromatic heterocycles. The molecule has 0 aromatic carbocycles. The van der Waals surface area contributed by atoms with Crippen molar-refractivity contribution in [1.82, 2.24) is 0 Å². The lowest BCUT2D eigenvalue weighted by molar-refractivity contribution is -0.115. The minimum absolute atomic E-state index is 0.0411. The minimum atomic E-state index is -2.83. The number of hydrogen-bond donors (Lipinski definition) is 0. The molecule has 1 rings (SSSR count). The van der Waals surface area contributed by atoms with Crippen molar-refractivity contribution in [3.8, 4) is 0 Å². The second-order valence-electron chi connectivity index (χ2n) is 3.40. The van der Waals surface area contributed by atoms with E-state index in [9.17, 15) is 13.4 Å². The summed E-state index contributed by atoms with van der Waals surface area (Å²) >= 11 is 0. The van der Waals surface area contributed by atoms with Crippen LogP contribution in [0.1, 0.15) is 39.0 Å². The van der Waals surface area contributed by atoms with Crippen molar-refractivity contribution in [2.75, 3.05) is 0 Å². The van der Waals surface area contributed by atoms with Crippen LogP contribution in [-0.4, -0.2) is 13.3 Å². The Balaban J connectivity index is 2.74. The number of carbonyl (C=O) groups excluding carboxylic acids is 1. The van der Waals surface area contributed by atoms with Crippen LogP contribution in [-0.2, 0) is 9.45 Å². The van der Waals surface area contributed by atoms with Gasteiger partial charge in [0.15, 0.2) is 5.78 Å². The van der Waals surface area contributed by atoms with Gasteiger partial charge < -0.3 is 4.65 Å². The van der Waals surface area contributed by atoms with Crippen molar-refractivity contribution < 1.29 is 18.1 Å². The van der Waals surface area contributed by atoms with Crippen molar-refractivity contribution in [2.45, 2.75) is 39.0 Å². The van der Waals surface area contributed by atoms with Crippen LogP contribution in [0.15, 0.2) is 11.3 Å². The summed E-state index contributed by atoms with van der Waals surface area (Å²) in [4.78, 5) is 11.5. The highest BCUT2D eigenvalue weighted by Crippen LogP contribution is 2.23. The first-order valence-corrected chi connectivity index (χ1v) is 4.79. The average molecular weight is 202 g/mol. The molecule has 0 heterocycles. The fraction of sp³-hybridized carbons (Fsp3) is 0.667. The highest BCUT2D eigenvalue weighted by Gasteiger charge is 2.22. The van der Waals surface area contributed by atoms with Gasteiger partial charge in [-0.15, -0.1) is 0 Å². The van der Waals surface area contributed by atoms with Crippen molar-refractivity contribution in [2.24, 2.45) is 0 Å². The molecule has 1 aliphatic rings. The van der Waals surface area contributed by atoms with Gasteiger partial charge in [-0.25, -0.2) is 8.63 Å². The van der Waals surface area contributed by atoms with Crippen molar-refractivity contribution in [3.63, 3.8) is 0 Å². The third kappa shape index (κ3) is 3.12. The average Bonchev–Trinajstić information content (AvgIpc) is 2.28. The highest BCUT2D eigenvalue weighted by molar-refractivity contribution is 6.34. The molecule has 1 aliphatic carbocycles. The first-order chi connectivity index (χ1) is 6.61. The summed E-state index contributed by atoms with van der Waals surface area (Å²) in [6, 6.07) is 0. The molecule has 1 fully saturated rings. The normalized spacial score (nSPS) is 21.5. The zero-order valence-electron chi connectivity index (χ0n) is 8.19. The fourth-order valence-corrected chi connectivity index (χ4v) is 1.63. The molecule has 0 aromatic rings. The highest BCUT2D eigenvalue weighted by atomic mass is 19.2. The van der Waals surface area contributed by atoms with Crippen LogP contribution in [0.5, 0.6) is 0 Å². The second kappa shape index (κ2) is 5.12. The van der Waals surface area contributed by atoms with Crippen LogP contribution in [0.4, 0.5) is 8.63 Å². The van der Waals surface area contributed by atoms with E-state index in [-0.39, 0.29) is 11.5 Å². The molecule has 0 atom stereocenters. The third-order valence-corrected chi connectivity index (χ3v) is 2.36. The Bertz CT molecular complexity index is 251. The van der Waals surface area contributed by atoms with E-state index >= 15 is 0 Å². The van der Waals surface area contributed by atoms with Gasteiger partial charge in [0.2, 0.25) is 0 Å². The predicted molar refractivity (Wildman–Crippen MR) is 49.8 cm³/mol. The number of rotatable bonds is 2. The summed E-state index contributed by atoms with van der Waals surface area (Å²) in [6.07, 6.45) is 3.74. The first kappa shape index (κ1) is 11.2. The van der Waals surface area contributed by atoms with E-state index in [2.05, 4.69) is 4.65 Å². The van der Waals surface area contributed by atoms with Crippen LogP contribution in [0.25, 0.3) is 0 Å². The molecule has 0 saturated heterocycles. The van der Waals surface area contributed by atoms with Crippen LogP contribution < -0.4 is 0 Å². The summed E-state index contributed by atoms with van der Waals surface area (Å²) in [5, 5.41) is 0. The molecular weight excluding hydrogens is 189 g/mol. The van der Waals surface area contributed by atoms with Gasteiger partial charge in [0.25, 0.3) is 0 Å². The molecule has 0 amide bonds. The summed E-state index contributed by atoms with van der Waals surface area (Å²) in [5.41, 5.74) is 0.447. The Hall–Kier alpha value is -0.865. The van der Waals surface area contributed by atoms with Gasteiger partial charge in [-0.05, 0) is 26.2 Å². The third-order valence-electron chi connectivity index (χ3n) is 2.36. The van der Waals surface area contributed by atoms with E-state index in [1.807, 2.05) is 0 Å². The predicted octanol–water partition coefficient (Wildman–Crippen LogP) is 2.73. The maximum absolute atomic E-state index is 11.9.